The monoisotopic (exact) mass is 153 g/mol. The zero-order chi connectivity index (χ0) is 7.68. The maximum absolute atomic E-state index is 5.96. The molecule has 64 valence electrons. The van der Waals surface area contributed by atoms with Gasteiger partial charge in [0.25, 0.3) is 0 Å². The van der Waals surface area contributed by atoms with Gasteiger partial charge in [-0.25, -0.2) is 0 Å². The summed E-state index contributed by atoms with van der Waals surface area (Å²) in [5.74, 6) is 1.85. The van der Waals surface area contributed by atoms with E-state index in [2.05, 4.69) is 0 Å². The highest BCUT2D eigenvalue weighted by molar-refractivity contribution is 5.00. The van der Waals surface area contributed by atoms with Gasteiger partial charge in [-0.2, -0.15) is 0 Å². The van der Waals surface area contributed by atoms with Crippen LogP contribution in [0.5, 0.6) is 0 Å². The number of fused-ring (bicyclic) bond motifs is 1. The van der Waals surface area contributed by atoms with E-state index in [-0.39, 0.29) is 0 Å². The molecule has 1 heteroatoms. The Hall–Kier alpha value is -0.0400. The lowest BCUT2D eigenvalue weighted by molar-refractivity contribution is 0.584. The molecule has 11 heavy (non-hydrogen) atoms. The highest BCUT2D eigenvalue weighted by Crippen LogP contribution is 2.45. The lowest BCUT2D eigenvalue weighted by atomic mass is 10.1. The van der Waals surface area contributed by atoms with Crippen LogP contribution >= 0.6 is 0 Å². The topological polar surface area (TPSA) is 26.0 Å². The lowest BCUT2D eigenvalue weighted by Gasteiger charge is -1.98. The van der Waals surface area contributed by atoms with Crippen LogP contribution in [0.3, 0.4) is 0 Å². The van der Waals surface area contributed by atoms with E-state index in [0.29, 0.717) is 6.04 Å². The second-order valence-corrected chi connectivity index (χ2v) is 4.25. The molecule has 0 aliphatic heterocycles. The van der Waals surface area contributed by atoms with Crippen LogP contribution in [0.4, 0.5) is 0 Å². The third kappa shape index (κ3) is 1.58. The van der Waals surface area contributed by atoms with Crippen molar-refractivity contribution in [3.05, 3.63) is 0 Å². The molecule has 0 aromatic carbocycles. The summed E-state index contributed by atoms with van der Waals surface area (Å²) in [6.45, 7) is 0. The molecule has 3 atom stereocenters. The molecule has 2 unspecified atom stereocenters. The van der Waals surface area contributed by atoms with Crippen LogP contribution in [0, 0.1) is 11.8 Å². The van der Waals surface area contributed by atoms with E-state index in [1.54, 1.807) is 0 Å². The van der Waals surface area contributed by atoms with Crippen molar-refractivity contribution >= 4 is 0 Å². The van der Waals surface area contributed by atoms with Gasteiger partial charge in [0.05, 0.1) is 0 Å². The molecule has 1 nitrogen and oxygen atoms in total. The molecular formula is C10H19N. The standard InChI is InChI=1S/C10H19N/c11-10-8-6-4-2-1-3-5-7-9(8)10/h8-10H,1-7,11H2/t8-,9?,10?/m1/s1. The zero-order valence-corrected chi connectivity index (χ0v) is 7.26. The van der Waals surface area contributed by atoms with Gasteiger partial charge in [-0.05, 0) is 24.7 Å². The maximum Gasteiger partial charge on any atom is 0.0102 e. The number of rotatable bonds is 0. The van der Waals surface area contributed by atoms with E-state index in [1.807, 2.05) is 0 Å². The first kappa shape index (κ1) is 7.60. The molecule has 0 saturated heterocycles. The van der Waals surface area contributed by atoms with Crippen molar-refractivity contribution in [2.24, 2.45) is 17.6 Å². The SMILES string of the molecule is NC1C2CCCCCCC[C@@H]12. The smallest absolute Gasteiger partial charge is 0.0102 e. The minimum Gasteiger partial charge on any atom is -0.327 e. The Morgan fingerprint density at radius 1 is 0.727 bits per heavy atom. The predicted molar refractivity (Wildman–Crippen MR) is 47.3 cm³/mol. The van der Waals surface area contributed by atoms with E-state index in [1.165, 1.54) is 44.9 Å². The van der Waals surface area contributed by atoms with E-state index < -0.39 is 0 Å². The zero-order valence-electron chi connectivity index (χ0n) is 7.26. The molecule has 2 saturated carbocycles. The fraction of sp³-hybridized carbons (Fsp3) is 1.00. The normalized spacial score (nSPS) is 45.0. The Labute approximate surface area is 69.4 Å². The van der Waals surface area contributed by atoms with Gasteiger partial charge < -0.3 is 5.73 Å². The van der Waals surface area contributed by atoms with Gasteiger partial charge in [-0.3, -0.25) is 0 Å². The molecule has 0 aromatic rings. The summed E-state index contributed by atoms with van der Waals surface area (Å²) in [5, 5.41) is 0. The predicted octanol–water partition coefficient (Wildman–Crippen LogP) is 2.30. The highest BCUT2D eigenvalue weighted by Gasteiger charge is 2.45. The molecule has 0 bridgehead atoms. The van der Waals surface area contributed by atoms with Gasteiger partial charge in [0.1, 0.15) is 0 Å². The number of hydrogen-bond donors (Lipinski definition) is 1. The lowest BCUT2D eigenvalue weighted by Crippen LogP contribution is -2.04. The highest BCUT2D eigenvalue weighted by atomic mass is 14.8. The molecule has 2 aliphatic rings. The number of nitrogens with two attached hydrogens (primary N) is 1. The second-order valence-electron chi connectivity index (χ2n) is 4.25. The Morgan fingerprint density at radius 3 is 1.73 bits per heavy atom. The third-order valence-corrected chi connectivity index (χ3v) is 3.47. The van der Waals surface area contributed by atoms with Gasteiger partial charge in [-0.15, -0.1) is 0 Å². The molecular weight excluding hydrogens is 134 g/mol. The summed E-state index contributed by atoms with van der Waals surface area (Å²) in [4.78, 5) is 0. The first-order valence-electron chi connectivity index (χ1n) is 5.15. The third-order valence-electron chi connectivity index (χ3n) is 3.47. The van der Waals surface area contributed by atoms with Crippen LogP contribution in [-0.2, 0) is 0 Å². The maximum atomic E-state index is 5.96. The molecule has 0 aromatic heterocycles. The van der Waals surface area contributed by atoms with Crippen molar-refractivity contribution < 1.29 is 0 Å². The Balaban J connectivity index is 1.83. The summed E-state index contributed by atoms with van der Waals surface area (Å²) < 4.78 is 0. The van der Waals surface area contributed by atoms with Crippen LogP contribution < -0.4 is 5.73 Å². The minimum absolute atomic E-state index is 0.591. The van der Waals surface area contributed by atoms with Gasteiger partial charge in [0.2, 0.25) is 0 Å². The quantitative estimate of drug-likeness (QED) is 0.568. The summed E-state index contributed by atoms with van der Waals surface area (Å²) in [6.07, 6.45) is 10.1. The molecule has 2 N–H and O–H groups in total. The second kappa shape index (κ2) is 3.14. The molecule has 0 amide bonds. The Morgan fingerprint density at radius 2 is 1.18 bits per heavy atom. The van der Waals surface area contributed by atoms with Gasteiger partial charge >= 0.3 is 0 Å². The van der Waals surface area contributed by atoms with Crippen LogP contribution in [0.1, 0.15) is 44.9 Å². The molecule has 0 heterocycles. The van der Waals surface area contributed by atoms with Crippen LogP contribution in [0.25, 0.3) is 0 Å². The van der Waals surface area contributed by atoms with E-state index in [0.717, 1.165) is 11.8 Å². The summed E-state index contributed by atoms with van der Waals surface area (Å²) in [5.41, 5.74) is 5.96. The fourth-order valence-electron chi connectivity index (χ4n) is 2.58. The first-order valence-corrected chi connectivity index (χ1v) is 5.15. The largest absolute Gasteiger partial charge is 0.327 e. The van der Waals surface area contributed by atoms with Gasteiger partial charge in [0.15, 0.2) is 0 Å². The minimum atomic E-state index is 0.591. The first-order chi connectivity index (χ1) is 5.39. The van der Waals surface area contributed by atoms with Crippen LogP contribution in [-0.4, -0.2) is 6.04 Å². The van der Waals surface area contributed by atoms with Crippen molar-refractivity contribution in [2.75, 3.05) is 0 Å². The average Bonchev–Trinajstić information content (AvgIpc) is 2.63. The summed E-state index contributed by atoms with van der Waals surface area (Å²) >= 11 is 0. The summed E-state index contributed by atoms with van der Waals surface area (Å²) in [6, 6.07) is 0.591. The van der Waals surface area contributed by atoms with Crippen molar-refractivity contribution in [1.29, 1.82) is 0 Å². The van der Waals surface area contributed by atoms with E-state index >= 15 is 0 Å². The van der Waals surface area contributed by atoms with E-state index in [4.69, 9.17) is 5.73 Å². The molecule has 0 spiro atoms. The molecule has 0 radical (unpaired) electrons. The van der Waals surface area contributed by atoms with Crippen molar-refractivity contribution in [2.45, 2.75) is 51.0 Å². The van der Waals surface area contributed by atoms with Crippen LogP contribution in [0.2, 0.25) is 0 Å². The van der Waals surface area contributed by atoms with Gasteiger partial charge in [-0.1, -0.05) is 32.1 Å². The Kier molecular flexibility index (Phi) is 2.17. The number of hydrogen-bond acceptors (Lipinski definition) is 1. The fourth-order valence-corrected chi connectivity index (χ4v) is 2.58. The van der Waals surface area contributed by atoms with Crippen molar-refractivity contribution in [3.8, 4) is 0 Å². The summed E-state index contributed by atoms with van der Waals surface area (Å²) in [7, 11) is 0. The molecule has 2 rings (SSSR count). The Bertz CT molecular complexity index is 119. The van der Waals surface area contributed by atoms with Crippen molar-refractivity contribution in [3.63, 3.8) is 0 Å². The van der Waals surface area contributed by atoms with E-state index in [9.17, 15) is 0 Å². The van der Waals surface area contributed by atoms with Gasteiger partial charge in [0, 0.05) is 6.04 Å². The van der Waals surface area contributed by atoms with Crippen molar-refractivity contribution in [1.82, 2.24) is 0 Å². The average molecular weight is 153 g/mol. The molecule has 2 aliphatic carbocycles. The van der Waals surface area contributed by atoms with Crippen LogP contribution in [0.15, 0.2) is 0 Å². The molecule has 2 fully saturated rings.